The molecular formula is C15H17NO3. The van der Waals surface area contributed by atoms with E-state index in [4.69, 9.17) is 4.74 Å². The maximum Gasteiger partial charge on any atom is 0.251 e. The van der Waals surface area contributed by atoms with E-state index in [0.717, 1.165) is 10.8 Å². The molecule has 4 nitrogen and oxygen atoms in total. The fraction of sp³-hybridized carbons (Fsp3) is 0.267. The van der Waals surface area contributed by atoms with Crippen LogP contribution in [-0.4, -0.2) is 37.4 Å². The quantitative estimate of drug-likeness (QED) is 0.857. The molecule has 0 bridgehead atoms. The third-order valence-corrected chi connectivity index (χ3v) is 2.87. The molecule has 2 rings (SSSR count). The van der Waals surface area contributed by atoms with Crippen LogP contribution in [0.3, 0.4) is 0 Å². The van der Waals surface area contributed by atoms with Gasteiger partial charge in [-0.1, -0.05) is 30.3 Å². The molecule has 0 heterocycles. The third-order valence-electron chi connectivity index (χ3n) is 2.87. The number of aliphatic hydroxyl groups is 1. The highest BCUT2D eigenvalue weighted by Gasteiger charge is 2.09. The van der Waals surface area contributed by atoms with E-state index in [1.807, 2.05) is 36.4 Å². The molecule has 0 spiro atoms. The van der Waals surface area contributed by atoms with Crippen LogP contribution in [0.2, 0.25) is 0 Å². The number of nitrogens with one attached hydrogen (secondary N) is 1. The van der Waals surface area contributed by atoms with Crippen molar-refractivity contribution in [2.24, 2.45) is 0 Å². The van der Waals surface area contributed by atoms with Crippen molar-refractivity contribution in [3.05, 3.63) is 48.0 Å². The number of fused-ring (bicyclic) bond motifs is 1. The first-order chi connectivity index (χ1) is 9.20. The first-order valence-corrected chi connectivity index (χ1v) is 6.14. The predicted octanol–water partition coefficient (Wildman–Crippen LogP) is 1.58. The van der Waals surface area contributed by atoms with Crippen LogP contribution in [0.1, 0.15) is 10.4 Å². The number of hydrogen-bond donors (Lipinski definition) is 2. The van der Waals surface area contributed by atoms with E-state index in [1.54, 1.807) is 6.07 Å². The van der Waals surface area contributed by atoms with Gasteiger partial charge in [-0.25, -0.2) is 0 Å². The molecule has 0 aliphatic heterocycles. The molecule has 0 saturated carbocycles. The van der Waals surface area contributed by atoms with Gasteiger partial charge in [-0.15, -0.1) is 0 Å². The summed E-state index contributed by atoms with van der Waals surface area (Å²) in [6.45, 7) is 0.386. The summed E-state index contributed by atoms with van der Waals surface area (Å²) in [5.41, 5.74) is 0.586. The van der Waals surface area contributed by atoms with Gasteiger partial charge in [0.1, 0.15) is 0 Å². The average Bonchev–Trinajstić information content (AvgIpc) is 2.44. The topological polar surface area (TPSA) is 58.6 Å². The summed E-state index contributed by atoms with van der Waals surface area (Å²) >= 11 is 0. The summed E-state index contributed by atoms with van der Waals surface area (Å²) in [4.78, 5) is 11.9. The van der Waals surface area contributed by atoms with Gasteiger partial charge in [-0.3, -0.25) is 4.79 Å². The first-order valence-electron chi connectivity index (χ1n) is 6.14. The minimum absolute atomic E-state index is 0.180. The lowest BCUT2D eigenvalue weighted by Gasteiger charge is -2.11. The summed E-state index contributed by atoms with van der Waals surface area (Å²) in [5, 5.41) is 14.3. The van der Waals surface area contributed by atoms with E-state index in [1.165, 1.54) is 7.11 Å². The van der Waals surface area contributed by atoms with Crippen molar-refractivity contribution in [1.29, 1.82) is 0 Å². The molecule has 0 fully saturated rings. The Balaban J connectivity index is 2.05. The van der Waals surface area contributed by atoms with E-state index in [-0.39, 0.29) is 19.1 Å². The lowest BCUT2D eigenvalue weighted by Crippen LogP contribution is -2.34. The smallest absolute Gasteiger partial charge is 0.251 e. The van der Waals surface area contributed by atoms with E-state index in [2.05, 4.69) is 5.32 Å². The molecule has 1 atom stereocenters. The van der Waals surface area contributed by atoms with Gasteiger partial charge in [0, 0.05) is 19.2 Å². The summed E-state index contributed by atoms with van der Waals surface area (Å²) in [7, 11) is 1.51. The maximum atomic E-state index is 11.9. The second-order valence-electron chi connectivity index (χ2n) is 4.38. The molecule has 1 amide bonds. The minimum Gasteiger partial charge on any atom is -0.389 e. The van der Waals surface area contributed by atoms with Crippen LogP contribution in [-0.2, 0) is 4.74 Å². The molecule has 1 unspecified atom stereocenters. The number of rotatable bonds is 5. The highest BCUT2D eigenvalue weighted by molar-refractivity contribution is 5.98. The molecule has 0 radical (unpaired) electrons. The van der Waals surface area contributed by atoms with Gasteiger partial charge in [0.05, 0.1) is 12.7 Å². The summed E-state index contributed by atoms with van der Waals surface area (Å²) in [6.07, 6.45) is -0.686. The molecule has 0 aliphatic carbocycles. The maximum absolute atomic E-state index is 11.9. The van der Waals surface area contributed by atoms with Gasteiger partial charge >= 0.3 is 0 Å². The molecule has 2 aromatic carbocycles. The van der Waals surface area contributed by atoms with Crippen LogP contribution in [0.25, 0.3) is 10.8 Å². The van der Waals surface area contributed by atoms with Gasteiger partial charge in [-0.2, -0.15) is 0 Å². The van der Waals surface area contributed by atoms with Crippen LogP contribution in [0.5, 0.6) is 0 Å². The number of carbonyl (C=O) groups excluding carboxylic acids is 1. The van der Waals surface area contributed by atoms with Crippen LogP contribution in [0, 0.1) is 0 Å². The monoisotopic (exact) mass is 259 g/mol. The fourth-order valence-electron chi connectivity index (χ4n) is 1.89. The number of carbonyl (C=O) groups is 1. The number of hydrogen-bond acceptors (Lipinski definition) is 3. The van der Waals surface area contributed by atoms with E-state index in [0.29, 0.717) is 5.56 Å². The van der Waals surface area contributed by atoms with Gasteiger partial charge < -0.3 is 15.2 Å². The van der Waals surface area contributed by atoms with Crippen molar-refractivity contribution in [1.82, 2.24) is 5.32 Å². The standard InChI is InChI=1S/C15H17NO3/c1-19-10-14(17)9-16-15(18)13-7-6-11-4-2-3-5-12(11)8-13/h2-8,14,17H,9-10H2,1H3,(H,16,18). The predicted molar refractivity (Wildman–Crippen MR) is 74.2 cm³/mol. The highest BCUT2D eigenvalue weighted by atomic mass is 16.5. The fourth-order valence-corrected chi connectivity index (χ4v) is 1.89. The Morgan fingerprint density at radius 3 is 2.74 bits per heavy atom. The van der Waals surface area contributed by atoms with Crippen molar-refractivity contribution in [2.45, 2.75) is 6.10 Å². The zero-order valence-electron chi connectivity index (χ0n) is 10.8. The third kappa shape index (κ3) is 3.53. The molecule has 0 saturated heterocycles. The van der Waals surface area contributed by atoms with Crippen molar-refractivity contribution in [3.63, 3.8) is 0 Å². The largest absolute Gasteiger partial charge is 0.389 e. The lowest BCUT2D eigenvalue weighted by atomic mass is 10.1. The molecular weight excluding hydrogens is 242 g/mol. The van der Waals surface area contributed by atoms with Crippen molar-refractivity contribution in [3.8, 4) is 0 Å². The minimum atomic E-state index is -0.686. The van der Waals surface area contributed by atoms with E-state index in [9.17, 15) is 9.90 Å². The van der Waals surface area contributed by atoms with Crippen molar-refractivity contribution >= 4 is 16.7 Å². The summed E-state index contributed by atoms with van der Waals surface area (Å²) < 4.78 is 4.80. The molecule has 0 aliphatic rings. The van der Waals surface area contributed by atoms with E-state index < -0.39 is 6.10 Å². The Hall–Kier alpha value is -1.91. The number of amides is 1. The summed E-state index contributed by atoms with van der Waals surface area (Å²) in [5.74, 6) is -0.194. The van der Waals surface area contributed by atoms with Gasteiger partial charge in [0.2, 0.25) is 0 Å². The van der Waals surface area contributed by atoms with Gasteiger partial charge in [0.25, 0.3) is 5.91 Å². The normalized spacial score (nSPS) is 12.3. The number of methoxy groups -OCH3 is 1. The Morgan fingerprint density at radius 1 is 1.26 bits per heavy atom. The van der Waals surface area contributed by atoms with Crippen molar-refractivity contribution < 1.29 is 14.6 Å². The molecule has 100 valence electrons. The first kappa shape index (κ1) is 13.5. The Morgan fingerprint density at radius 2 is 2.00 bits per heavy atom. The Kier molecular flexibility index (Phi) is 4.49. The molecule has 2 N–H and O–H groups in total. The van der Waals surface area contributed by atoms with Crippen LogP contribution >= 0.6 is 0 Å². The van der Waals surface area contributed by atoms with Crippen LogP contribution < -0.4 is 5.32 Å². The average molecular weight is 259 g/mol. The van der Waals surface area contributed by atoms with Crippen molar-refractivity contribution in [2.75, 3.05) is 20.3 Å². The molecule has 0 aromatic heterocycles. The number of benzene rings is 2. The molecule has 19 heavy (non-hydrogen) atoms. The summed E-state index contributed by atoms with van der Waals surface area (Å²) in [6, 6.07) is 13.4. The zero-order chi connectivity index (χ0) is 13.7. The van der Waals surface area contributed by atoms with Crippen LogP contribution in [0.15, 0.2) is 42.5 Å². The highest BCUT2D eigenvalue weighted by Crippen LogP contribution is 2.15. The Bertz CT molecular complexity index is 568. The van der Waals surface area contributed by atoms with E-state index >= 15 is 0 Å². The second kappa shape index (κ2) is 6.31. The number of aliphatic hydroxyl groups excluding tert-OH is 1. The second-order valence-corrected chi connectivity index (χ2v) is 4.38. The van der Waals surface area contributed by atoms with Crippen LogP contribution in [0.4, 0.5) is 0 Å². The number of ether oxygens (including phenoxy) is 1. The molecule has 4 heteroatoms. The lowest BCUT2D eigenvalue weighted by molar-refractivity contribution is 0.0610. The SMILES string of the molecule is COCC(O)CNC(=O)c1ccc2ccccc2c1. The van der Waals surface area contributed by atoms with Gasteiger partial charge in [-0.05, 0) is 22.9 Å². The molecule has 2 aromatic rings. The Labute approximate surface area is 112 Å². The zero-order valence-corrected chi connectivity index (χ0v) is 10.8. The van der Waals surface area contributed by atoms with Gasteiger partial charge in [0.15, 0.2) is 0 Å².